The molecule has 0 bridgehead atoms. The van der Waals surface area contributed by atoms with Crippen molar-refractivity contribution in [3.63, 3.8) is 0 Å². The van der Waals surface area contributed by atoms with Crippen molar-refractivity contribution in [3.8, 4) is 11.5 Å². The SMILES string of the molecule is CC[C@H](C)c1ccccc1NC(=O)COC(=O)CNC(=O)c1ccc2c(c1)OCO2. The maximum atomic E-state index is 12.2. The molecule has 0 saturated carbocycles. The van der Waals surface area contributed by atoms with Crippen LogP contribution in [0.3, 0.4) is 0 Å². The van der Waals surface area contributed by atoms with Gasteiger partial charge in [0, 0.05) is 11.3 Å². The second-order valence-corrected chi connectivity index (χ2v) is 6.86. The van der Waals surface area contributed by atoms with Crippen molar-refractivity contribution in [3.05, 3.63) is 53.6 Å². The number of anilines is 1. The highest BCUT2D eigenvalue weighted by molar-refractivity contribution is 5.97. The van der Waals surface area contributed by atoms with Crippen LogP contribution in [0.4, 0.5) is 5.69 Å². The Hall–Kier alpha value is -3.55. The number of hydrogen-bond donors (Lipinski definition) is 2. The number of nitrogens with one attached hydrogen (secondary N) is 2. The molecule has 30 heavy (non-hydrogen) atoms. The van der Waals surface area contributed by atoms with Gasteiger partial charge in [-0.15, -0.1) is 0 Å². The summed E-state index contributed by atoms with van der Waals surface area (Å²) in [6.07, 6.45) is 0.935. The van der Waals surface area contributed by atoms with E-state index in [9.17, 15) is 14.4 Å². The zero-order valence-corrected chi connectivity index (χ0v) is 16.9. The third-order valence-electron chi connectivity index (χ3n) is 4.77. The van der Waals surface area contributed by atoms with Gasteiger partial charge >= 0.3 is 5.97 Å². The number of rotatable bonds is 8. The van der Waals surface area contributed by atoms with E-state index in [1.54, 1.807) is 12.1 Å². The molecule has 0 saturated heterocycles. The Labute approximate surface area is 174 Å². The number of esters is 1. The minimum atomic E-state index is -0.713. The molecule has 0 spiro atoms. The van der Waals surface area contributed by atoms with Crippen LogP contribution in [0.25, 0.3) is 0 Å². The molecule has 0 unspecified atom stereocenters. The molecule has 2 aromatic rings. The van der Waals surface area contributed by atoms with Crippen molar-refractivity contribution in [1.29, 1.82) is 0 Å². The fourth-order valence-corrected chi connectivity index (χ4v) is 2.94. The number of carbonyl (C=O) groups excluding carboxylic acids is 3. The van der Waals surface area contributed by atoms with Crippen molar-refractivity contribution < 1.29 is 28.6 Å². The Morgan fingerprint density at radius 2 is 1.87 bits per heavy atom. The van der Waals surface area contributed by atoms with Gasteiger partial charge in [-0.2, -0.15) is 0 Å². The summed E-state index contributed by atoms with van der Waals surface area (Å²) in [5.74, 6) is -0.297. The molecule has 2 amide bonds. The van der Waals surface area contributed by atoms with Crippen molar-refractivity contribution in [2.75, 3.05) is 25.3 Å². The van der Waals surface area contributed by atoms with E-state index in [0.717, 1.165) is 12.0 Å². The molecular weight excluding hydrogens is 388 g/mol. The summed E-state index contributed by atoms with van der Waals surface area (Å²) >= 11 is 0. The van der Waals surface area contributed by atoms with Gasteiger partial charge in [0.25, 0.3) is 11.8 Å². The van der Waals surface area contributed by atoms with Crippen LogP contribution in [0.5, 0.6) is 11.5 Å². The third-order valence-corrected chi connectivity index (χ3v) is 4.77. The smallest absolute Gasteiger partial charge is 0.325 e. The normalized spacial score (nSPS) is 12.7. The fraction of sp³-hybridized carbons (Fsp3) is 0.318. The molecule has 1 aliphatic heterocycles. The maximum absolute atomic E-state index is 12.2. The van der Waals surface area contributed by atoms with Crippen LogP contribution in [0, 0.1) is 0 Å². The van der Waals surface area contributed by atoms with E-state index in [1.807, 2.05) is 24.3 Å². The molecule has 0 radical (unpaired) electrons. The molecule has 0 aliphatic carbocycles. The van der Waals surface area contributed by atoms with Crippen molar-refractivity contribution in [2.24, 2.45) is 0 Å². The number of carbonyl (C=O) groups is 3. The van der Waals surface area contributed by atoms with E-state index in [-0.39, 0.29) is 19.3 Å². The minimum absolute atomic E-state index is 0.108. The van der Waals surface area contributed by atoms with Crippen molar-refractivity contribution in [2.45, 2.75) is 26.2 Å². The summed E-state index contributed by atoms with van der Waals surface area (Å²) in [5.41, 5.74) is 2.05. The standard InChI is InChI=1S/C22H24N2O6/c1-3-14(2)16-6-4-5-7-17(16)24-20(25)12-28-21(26)11-23-22(27)15-8-9-18-19(10-15)30-13-29-18/h4-10,14H,3,11-13H2,1-2H3,(H,23,27)(H,24,25)/t14-/m0/s1. The van der Waals surface area contributed by atoms with Gasteiger partial charge in [-0.1, -0.05) is 32.0 Å². The summed E-state index contributed by atoms with van der Waals surface area (Å²) in [5, 5.41) is 5.22. The van der Waals surface area contributed by atoms with E-state index in [1.165, 1.54) is 6.07 Å². The Morgan fingerprint density at radius 1 is 1.10 bits per heavy atom. The topological polar surface area (TPSA) is 103 Å². The highest BCUT2D eigenvalue weighted by Crippen LogP contribution is 2.32. The van der Waals surface area contributed by atoms with Gasteiger partial charge in [0.2, 0.25) is 6.79 Å². The average Bonchev–Trinajstić information content (AvgIpc) is 3.23. The first-order chi connectivity index (χ1) is 14.5. The molecule has 8 nitrogen and oxygen atoms in total. The summed E-state index contributed by atoms with van der Waals surface area (Å²) in [7, 11) is 0. The van der Waals surface area contributed by atoms with E-state index in [2.05, 4.69) is 24.5 Å². The predicted molar refractivity (Wildman–Crippen MR) is 110 cm³/mol. The van der Waals surface area contributed by atoms with Gasteiger partial charge < -0.3 is 24.8 Å². The van der Waals surface area contributed by atoms with Gasteiger partial charge in [0.15, 0.2) is 18.1 Å². The van der Waals surface area contributed by atoms with Crippen LogP contribution < -0.4 is 20.1 Å². The van der Waals surface area contributed by atoms with Crippen LogP contribution in [0.2, 0.25) is 0 Å². The molecule has 8 heteroatoms. The van der Waals surface area contributed by atoms with Gasteiger partial charge in [0.1, 0.15) is 6.54 Å². The van der Waals surface area contributed by atoms with Crippen molar-refractivity contribution >= 4 is 23.5 Å². The van der Waals surface area contributed by atoms with Gasteiger partial charge in [-0.3, -0.25) is 14.4 Å². The van der Waals surface area contributed by atoms with Crippen LogP contribution in [0.15, 0.2) is 42.5 Å². The largest absolute Gasteiger partial charge is 0.454 e. The fourth-order valence-electron chi connectivity index (χ4n) is 2.94. The molecule has 0 aromatic heterocycles. The average molecular weight is 412 g/mol. The third kappa shape index (κ3) is 5.28. The Balaban J connectivity index is 1.44. The highest BCUT2D eigenvalue weighted by Gasteiger charge is 2.17. The first-order valence-corrected chi connectivity index (χ1v) is 9.70. The second kappa shape index (κ2) is 9.78. The Kier molecular flexibility index (Phi) is 6.90. The lowest BCUT2D eigenvalue weighted by molar-refractivity contribution is -0.146. The monoisotopic (exact) mass is 412 g/mol. The first kappa shape index (κ1) is 21.2. The molecule has 1 atom stereocenters. The van der Waals surface area contributed by atoms with Gasteiger partial charge in [0.05, 0.1) is 0 Å². The summed E-state index contributed by atoms with van der Waals surface area (Å²) in [6, 6.07) is 12.2. The van der Waals surface area contributed by atoms with Crippen LogP contribution in [-0.2, 0) is 14.3 Å². The summed E-state index contributed by atoms with van der Waals surface area (Å²) in [4.78, 5) is 36.2. The molecular formula is C22H24N2O6. The molecule has 3 rings (SSSR count). The van der Waals surface area contributed by atoms with E-state index >= 15 is 0 Å². The molecule has 158 valence electrons. The number of amides is 2. The number of para-hydroxylation sites is 1. The quantitative estimate of drug-likeness (QED) is 0.647. The Morgan fingerprint density at radius 3 is 2.67 bits per heavy atom. The van der Waals surface area contributed by atoms with E-state index in [4.69, 9.17) is 14.2 Å². The number of fused-ring (bicyclic) bond motifs is 1. The lowest BCUT2D eigenvalue weighted by Gasteiger charge is -2.15. The molecule has 1 aliphatic rings. The van der Waals surface area contributed by atoms with Crippen LogP contribution in [0.1, 0.15) is 42.1 Å². The van der Waals surface area contributed by atoms with Crippen LogP contribution >= 0.6 is 0 Å². The van der Waals surface area contributed by atoms with Gasteiger partial charge in [-0.25, -0.2) is 0 Å². The molecule has 2 aromatic carbocycles. The highest BCUT2D eigenvalue weighted by atomic mass is 16.7. The minimum Gasteiger partial charge on any atom is -0.454 e. The zero-order valence-electron chi connectivity index (χ0n) is 16.9. The van der Waals surface area contributed by atoms with Gasteiger partial charge in [-0.05, 0) is 42.2 Å². The predicted octanol–water partition coefficient (Wildman–Crippen LogP) is 2.84. The number of benzene rings is 2. The molecule has 2 N–H and O–H groups in total. The number of hydrogen-bond acceptors (Lipinski definition) is 6. The lowest BCUT2D eigenvalue weighted by atomic mass is 9.97. The van der Waals surface area contributed by atoms with E-state index < -0.39 is 24.4 Å². The van der Waals surface area contributed by atoms with Crippen molar-refractivity contribution in [1.82, 2.24) is 5.32 Å². The lowest BCUT2D eigenvalue weighted by Crippen LogP contribution is -2.32. The van der Waals surface area contributed by atoms with E-state index in [0.29, 0.717) is 22.7 Å². The summed E-state index contributed by atoms with van der Waals surface area (Å²) in [6.45, 7) is 3.46. The molecule has 0 fully saturated rings. The molecule has 1 heterocycles. The number of ether oxygens (including phenoxy) is 3. The first-order valence-electron chi connectivity index (χ1n) is 9.70. The summed E-state index contributed by atoms with van der Waals surface area (Å²) < 4.78 is 15.4. The van der Waals surface area contributed by atoms with Crippen LogP contribution in [-0.4, -0.2) is 37.7 Å². The maximum Gasteiger partial charge on any atom is 0.325 e. The zero-order chi connectivity index (χ0) is 21.5. The second-order valence-electron chi connectivity index (χ2n) is 6.86. The Bertz CT molecular complexity index is 943.